The van der Waals surface area contributed by atoms with Gasteiger partial charge in [0.05, 0.1) is 11.2 Å². The van der Waals surface area contributed by atoms with Crippen molar-refractivity contribution in [1.82, 2.24) is 4.98 Å². The number of aromatic nitrogens is 1. The minimum absolute atomic E-state index is 0.125. The van der Waals surface area contributed by atoms with Crippen LogP contribution >= 0.6 is 0 Å². The molecule has 1 aromatic heterocycles. The number of pyridine rings is 1. The van der Waals surface area contributed by atoms with Crippen LogP contribution in [0, 0.1) is 0 Å². The average Bonchev–Trinajstić information content (AvgIpc) is 2.78. The molecule has 1 aliphatic rings. The van der Waals surface area contributed by atoms with Crippen LogP contribution in [0.1, 0.15) is 45.4 Å². The minimum Gasteiger partial charge on any atom is -0.251 e. The molecule has 0 spiro atoms. The molecule has 124 valence electrons. The van der Waals surface area contributed by atoms with Crippen molar-refractivity contribution in [3.8, 4) is 0 Å². The van der Waals surface area contributed by atoms with E-state index in [0.29, 0.717) is 0 Å². The molecule has 0 radical (unpaired) electrons. The van der Waals surface area contributed by atoms with E-state index in [1.807, 2.05) is 0 Å². The number of fused-ring (bicyclic) bond motifs is 7. The third-order valence-electron chi connectivity index (χ3n) is 5.97. The van der Waals surface area contributed by atoms with Crippen LogP contribution in [-0.4, -0.2) is 4.98 Å². The molecule has 1 heterocycles. The summed E-state index contributed by atoms with van der Waals surface area (Å²) in [6.07, 6.45) is 1.15. The largest absolute Gasteiger partial charge is 0.251 e. The van der Waals surface area contributed by atoms with Gasteiger partial charge in [-0.1, -0.05) is 76.2 Å². The molecule has 0 aliphatic heterocycles. The molecule has 0 N–H and O–H groups in total. The van der Waals surface area contributed by atoms with Crippen LogP contribution < -0.4 is 0 Å². The Labute approximate surface area is 148 Å². The number of rotatable bonds is 0. The van der Waals surface area contributed by atoms with Gasteiger partial charge in [0, 0.05) is 16.2 Å². The standard InChI is InChI=1S/C24H23N/c1-23(2)14-24(3,4)22-20(23)13-19-17-11-6-5-9-15(17)16-10-7-8-12-18(16)21(19)25-22/h5-13H,14H2,1-4H3. The van der Waals surface area contributed by atoms with E-state index in [-0.39, 0.29) is 10.8 Å². The summed E-state index contributed by atoms with van der Waals surface area (Å²) in [6, 6.07) is 19.9. The van der Waals surface area contributed by atoms with E-state index >= 15 is 0 Å². The van der Waals surface area contributed by atoms with Gasteiger partial charge < -0.3 is 0 Å². The zero-order valence-electron chi connectivity index (χ0n) is 15.4. The number of nitrogens with zero attached hydrogens (tertiary/aromatic N) is 1. The zero-order chi connectivity index (χ0) is 17.4. The Balaban J connectivity index is 2.06. The highest BCUT2D eigenvalue weighted by atomic mass is 14.8. The van der Waals surface area contributed by atoms with Crippen LogP contribution in [0.3, 0.4) is 0 Å². The number of hydrogen-bond acceptors (Lipinski definition) is 1. The molecule has 0 fully saturated rings. The normalized spacial score (nSPS) is 18.1. The lowest BCUT2D eigenvalue weighted by atomic mass is 9.82. The van der Waals surface area contributed by atoms with Crippen molar-refractivity contribution in [1.29, 1.82) is 0 Å². The first-order chi connectivity index (χ1) is 11.9. The third kappa shape index (κ3) is 1.93. The summed E-state index contributed by atoms with van der Waals surface area (Å²) in [5.74, 6) is 0. The topological polar surface area (TPSA) is 12.9 Å². The van der Waals surface area contributed by atoms with Crippen molar-refractivity contribution in [2.24, 2.45) is 0 Å². The molecular weight excluding hydrogens is 302 g/mol. The smallest absolute Gasteiger partial charge is 0.0790 e. The summed E-state index contributed by atoms with van der Waals surface area (Å²) >= 11 is 0. The van der Waals surface area contributed by atoms with Gasteiger partial charge in [-0.25, -0.2) is 0 Å². The molecule has 0 unspecified atom stereocenters. The fourth-order valence-electron chi connectivity index (χ4n) is 5.12. The third-order valence-corrected chi connectivity index (χ3v) is 5.97. The summed E-state index contributed by atoms with van der Waals surface area (Å²) in [7, 11) is 0. The van der Waals surface area contributed by atoms with E-state index in [4.69, 9.17) is 4.98 Å². The lowest BCUT2D eigenvalue weighted by Gasteiger charge is -2.21. The summed E-state index contributed by atoms with van der Waals surface area (Å²) in [5.41, 5.74) is 4.15. The average molecular weight is 325 g/mol. The van der Waals surface area contributed by atoms with Crippen molar-refractivity contribution in [3.05, 3.63) is 65.9 Å². The molecule has 5 rings (SSSR count). The van der Waals surface area contributed by atoms with Crippen LogP contribution in [0.5, 0.6) is 0 Å². The first kappa shape index (κ1) is 14.9. The Morgan fingerprint density at radius 1 is 0.680 bits per heavy atom. The molecule has 0 saturated heterocycles. The van der Waals surface area contributed by atoms with Gasteiger partial charge in [0.15, 0.2) is 0 Å². The summed E-state index contributed by atoms with van der Waals surface area (Å²) in [5, 5.41) is 6.49. The first-order valence-corrected chi connectivity index (χ1v) is 9.14. The van der Waals surface area contributed by atoms with Gasteiger partial charge in [-0.3, -0.25) is 4.98 Å². The van der Waals surface area contributed by atoms with Crippen LogP contribution in [0.15, 0.2) is 54.6 Å². The maximum Gasteiger partial charge on any atom is 0.0790 e. The van der Waals surface area contributed by atoms with Crippen molar-refractivity contribution in [3.63, 3.8) is 0 Å². The van der Waals surface area contributed by atoms with Crippen LogP contribution in [-0.2, 0) is 10.8 Å². The maximum absolute atomic E-state index is 5.28. The van der Waals surface area contributed by atoms with Gasteiger partial charge in [-0.2, -0.15) is 0 Å². The predicted molar refractivity (Wildman–Crippen MR) is 107 cm³/mol. The van der Waals surface area contributed by atoms with E-state index in [0.717, 1.165) is 11.9 Å². The predicted octanol–water partition coefficient (Wildman–Crippen LogP) is 6.50. The highest BCUT2D eigenvalue weighted by Crippen LogP contribution is 2.50. The molecule has 0 saturated carbocycles. The van der Waals surface area contributed by atoms with Crippen molar-refractivity contribution in [2.45, 2.75) is 44.9 Å². The van der Waals surface area contributed by atoms with Crippen molar-refractivity contribution in [2.75, 3.05) is 0 Å². The summed E-state index contributed by atoms with van der Waals surface area (Å²) in [4.78, 5) is 5.28. The van der Waals surface area contributed by atoms with Gasteiger partial charge in [-0.05, 0) is 39.6 Å². The molecule has 0 bridgehead atoms. The van der Waals surface area contributed by atoms with Gasteiger partial charge in [0.1, 0.15) is 0 Å². The molecule has 0 amide bonds. The van der Waals surface area contributed by atoms with Gasteiger partial charge in [0.25, 0.3) is 0 Å². The molecule has 3 aromatic carbocycles. The Morgan fingerprint density at radius 2 is 1.20 bits per heavy atom. The Morgan fingerprint density at radius 3 is 1.84 bits per heavy atom. The number of benzene rings is 3. The minimum atomic E-state index is 0.125. The van der Waals surface area contributed by atoms with E-state index in [1.54, 1.807) is 0 Å². The first-order valence-electron chi connectivity index (χ1n) is 9.14. The maximum atomic E-state index is 5.28. The van der Waals surface area contributed by atoms with E-state index in [1.165, 1.54) is 38.2 Å². The Kier molecular flexibility index (Phi) is 2.74. The van der Waals surface area contributed by atoms with Crippen molar-refractivity contribution >= 4 is 32.4 Å². The highest BCUT2D eigenvalue weighted by Gasteiger charge is 2.43. The van der Waals surface area contributed by atoms with Crippen LogP contribution in [0.4, 0.5) is 0 Å². The lowest BCUT2D eigenvalue weighted by Crippen LogP contribution is -2.18. The molecule has 1 heteroatoms. The quantitative estimate of drug-likeness (QED) is 0.336. The van der Waals surface area contributed by atoms with E-state index in [9.17, 15) is 0 Å². The van der Waals surface area contributed by atoms with Crippen LogP contribution in [0.25, 0.3) is 32.4 Å². The molecular formula is C24H23N. The monoisotopic (exact) mass is 325 g/mol. The number of hydrogen-bond donors (Lipinski definition) is 0. The molecule has 1 aliphatic carbocycles. The second-order valence-corrected chi connectivity index (χ2v) is 8.82. The molecule has 4 aromatic rings. The Hall–Kier alpha value is -2.41. The fraction of sp³-hybridized carbons (Fsp3) is 0.292. The van der Waals surface area contributed by atoms with Gasteiger partial charge in [0.2, 0.25) is 0 Å². The van der Waals surface area contributed by atoms with Crippen molar-refractivity contribution < 1.29 is 0 Å². The van der Waals surface area contributed by atoms with Crippen LogP contribution in [0.2, 0.25) is 0 Å². The SMILES string of the molecule is CC1(C)CC(C)(C)c2nc3c4ccccc4c4ccccc4c3cc21. The highest BCUT2D eigenvalue weighted by molar-refractivity contribution is 6.24. The Bertz CT molecular complexity index is 1070. The van der Waals surface area contributed by atoms with E-state index in [2.05, 4.69) is 82.3 Å². The van der Waals surface area contributed by atoms with E-state index < -0.39 is 0 Å². The van der Waals surface area contributed by atoms with Gasteiger partial charge >= 0.3 is 0 Å². The lowest BCUT2D eigenvalue weighted by molar-refractivity contribution is 0.400. The second kappa shape index (κ2) is 4.60. The fourth-order valence-corrected chi connectivity index (χ4v) is 5.12. The second-order valence-electron chi connectivity index (χ2n) is 8.82. The van der Waals surface area contributed by atoms with Gasteiger partial charge in [-0.15, -0.1) is 0 Å². The summed E-state index contributed by atoms with van der Waals surface area (Å²) in [6.45, 7) is 9.39. The molecule has 25 heavy (non-hydrogen) atoms. The zero-order valence-corrected chi connectivity index (χ0v) is 15.4. The summed E-state index contributed by atoms with van der Waals surface area (Å²) < 4.78 is 0. The molecule has 1 nitrogen and oxygen atoms in total. The molecule has 0 atom stereocenters.